The number of hydrogen-bond acceptors (Lipinski definition) is 6. The zero-order valence-electron chi connectivity index (χ0n) is 18.5. The monoisotopic (exact) mass is 523 g/mol. The number of ether oxygens (including phenoxy) is 2. The molecule has 0 saturated carbocycles. The van der Waals surface area contributed by atoms with Gasteiger partial charge in [0.15, 0.2) is 11.5 Å². The van der Waals surface area contributed by atoms with Crippen molar-refractivity contribution < 1.29 is 29.3 Å². The lowest BCUT2D eigenvalue weighted by atomic mass is 9.94. The van der Waals surface area contributed by atoms with E-state index in [2.05, 4.69) is 15.9 Å². The van der Waals surface area contributed by atoms with Crippen LogP contribution in [0.4, 0.5) is 0 Å². The Morgan fingerprint density at radius 1 is 1.00 bits per heavy atom. The minimum atomic E-state index is -0.919. The average molecular weight is 524 g/mol. The van der Waals surface area contributed by atoms with Crippen LogP contribution < -0.4 is 9.47 Å². The molecule has 1 fully saturated rings. The molecule has 1 heterocycles. The summed E-state index contributed by atoms with van der Waals surface area (Å²) in [6.07, 6.45) is 0. The number of benzene rings is 3. The number of likely N-dealkylation sites (tertiary alicyclic amines) is 1. The predicted molar refractivity (Wildman–Crippen MR) is 130 cm³/mol. The lowest BCUT2D eigenvalue weighted by molar-refractivity contribution is -0.140. The van der Waals surface area contributed by atoms with Gasteiger partial charge in [-0.1, -0.05) is 42.5 Å². The highest BCUT2D eigenvalue weighted by atomic mass is 79.9. The number of phenolic OH excluding ortho intramolecular Hbond substituents is 1. The van der Waals surface area contributed by atoms with E-state index in [0.717, 1.165) is 5.56 Å². The molecule has 3 aromatic carbocycles. The number of hydrogen-bond donors (Lipinski definition) is 2. The molecule has 8 heteroatoms. The van der Waals surface area contributed by atoms with Gasteiger partial charge in [0.1, 0.15) is 11.5 Å². The molecule has 0 radical (unpaired) electrons. The summed E-state index contributed by atoms with van der Waals surface area (Å²) in [7, 11) is 2.90. The number of carbonyl (C=O) groups is 2. The highest BCUT2D eigenvalue weighted by Gasteiger charge is 2.46. The van der Waals surface area contributed by atoms with Crippen molar-refractivity contribution in [3.8, 4) is 17.2 Å². The fraction of sp³-hybridized carbons (Fsp3) is 0.154. The predicted octanol–water partition coefficient (Wildman–Crippen LogP) is 4.79. The van der Waals surface area contributed by atoms with Gasteiger partial charge in [-0.3, -0.25) is 9.59 Å². The molecule has 4 rings (SSSR count). The second-order valence-corrected chi connectivity index (χ2v) is 8.55. The Labute approximate surface area is 205 Å². The van der Waals surface area contributed by atoms with E-state index in [-0.39, 0.29) is 29.4 Å². The number of nitrogens with zero attached hydrogens (tertiary/aromatic N) is 1. The van der Waals surface area contributed by atoms with E-state index in [1.807, 2.05) is 30.3 Å². The number of phenols is 1. The van der Waals surface area contributed by atoms with Gasteiger partial charge in [0, 0.05) is 12.1 Å². The summed E-state index contributed by atoms with van der Waals surface area (Å²) in [5, 5.41) is 21.5. The minimum absolute atomic E-state index is 0.0613. The second kappa shape index (κ2) is 9.61. The molecule has 2 N–H and O–H groups in total. The van der Waals surface area contributed by atoms with E-state index in [4.69, 9.17) is 9.47 Å². The summed E-state index contributed by atoms with van der Waals surface area (Å²) in [4.78, 5) is 27.8. The van der Waals surface area contributed by atoms with Crippen molar-refractivity contribution >= 4 is 33.4 Å². The van der Waals surface area contributed by atoms with Crippen molar-refractivity contribution in [2.45, 2.75) is 12.6 Å². The van der Waals surface area contributed by atoms with Crippen LogP contribution in [-0.2, 0) is 16.1 Å². The molecule has 0 spiro atoms. The van der Waals surface area contributed by atoms with Crippen LogP contribution >= 0.6 is 15.9 Å². The van der Waals surface area contributed by atoms with E-state index in [1.165, 1.54) is 19.1 Å². The number of carbonyl (C=O) groups excluding carboxylic acids is 2. The number of rotatable bonds is 6. The average Bonchev–Trinajstić information content (AvgIpc) is 3.10. The van der Waals surface area contributed by atoms with Gasteiger partial charge in [0.2, 0.25) is 0 Å². The molecule has 34 heavy (non-hydrogen) atoms. The van der Waals surface area contributed by atoms with Crippen molar-refractivity contribution in [3.05, 3.63) is 93.5 Å². The molecule has 1 amide bonds. The fourth-order valence-electron chi connectivity index (χ4n) is 4.00. The zero-order chi connectivity index (χ0) is 24.4. The van der Waals surface area contributed by atoms with Gasteiger partial charge >= 0.3 is 0 Å². The van der Waals surface area contributed by atoms with Crippen LogP contribution in [0.5, 0.6) is 17.2 Å². The topological polar surface area (TPSA) is 96.3 Å². The molecule has 1 aliphatic rings. The van der Waals surface area contributed by atoms with Gasteiger partial charge in [-0.25, -0.2) is 0 Å². The molecular weight excluding hydrogens is 502 g/mol. The fourth-order valence-corrected chi connectivity index (χ4v) is 4.46. The molecule has 3 aromatic rings. The smallest absolute Gasteiger partial charge is 0.295 e. The minimum Gasteiger partial charge on any atom is -0.507 e. The normalized spacial score (nSPS) is 17.1. The number of aliphatic hydroxyl groups is 1. The molecule has 0 aliphatic carbocycles. The standard InChI is InChI=1S/C26H22BrNO6/c1-33-18-10-6-9-16(11-18)23(29)21-22(17-12-19(27)24(30)20(13-17)34-2)28(26(32)25(21)31)14-15-7-4-3-5-8-15/h3-13,22,29-30H,14H2,1-2H3. The van der Waals surface area contributed by atoms with Gasteiger partial charge in [-0.15, -0.1) is 0 Å². The number of aromatic hydroxyl groups is 1. The molecule has 174 valence electrons. The van der Waals surface area contributed by atoms with E-state index in [1.54, 1.807) is 36.4 Å². The highest BCUT2D eigenvalue weighted by Crippen LogP contribution is 2.45. The molecule has 1 aliphatic heterocycles. The summed E-state index contributed by atoms with van der Waals surface area (Å²) < 4.78 is 10.8. The summed E-state index contributed by atoms with van der Waals surface area (Å²) in [5.74, 6) is -1.31. The number of ketones is 1. The molecule has 1 atom stereocenters. The maximum Gasteiger partial charge on any atom is 0.295 e. The first-order chi connectivity index (χ1) is 16.3. The van der Waals surface area contributed by atoms with Crippen LogP contribution in [0, 0.1) is 0 Å². The van der Waals surface area contributed by atoms with Gasteiger partial charge in [0.25, 0.3) is 11.7 Å². The van der Waals surface area contributed by atoms with Crippen molar-refractivity contribution in [3.63, 3.8) is 0 Å². The lowest BCUT2D eigenvalue weighted by Crippen LogP contribution is -2.29. The van der Waals surface area contributed by atoms with Gasteiger partial charge in [-0.05, 0) is 51.3 Å². The third kappa shape index (κ3) is 4.24. The van der Waals surface area contributed by atoms with Crippen LogP contribution in [0.1, 0.15) is 22.7 Å². The number of halogens is 1. The van der Waals surface area contributed by atoms with Crippen LogP contribution in [-0.4, -0.2) is 41.0 Å². The molecule has 7 nitrogen and oxygen atoms in total. The summed E-state index contributed by atoms with van der Waals surface area (Å²) in [6, 6.07) is 18.1. The molecule has 0 aromatic heterocycles. The molecular formula is C26H22BrNO6. The first kappa shape index (κ1) is 23.4. The van der Waals surface area contributed by atoms with Crippen LogP contribution in [0.25, 0.3) is 5.76 Å². The number of methoxy groups -OCH3 is 2. The summed E-state index contributed by atoms with van der Waals surface area (Å²) in [5.41, 5.74) is 1.59. The Balaban J connectivity index is 1.93. The maximum absolute atomic E-state index is 13.2. The first-order valence-electron chi connectivity index (χ1n) is 10.4. The Morgan fingerprint density at radius 2 is 1.74 bits per heavy atom. The van der Waals surface area contributed by atoms with E-state index in [9.17, 15) is 19.8 Å². The van der Waals surface area contributed by atoms with Crippen molar-refractivity contribution in [1.29, 1.82) is 0 Å². The third-order valence-electron chi connectivity index (χ3n) is 5.67. The van der Waals surface area contributed by atoms with Gasteiger partial charge in [0.05, 0.1) is 30.3 Å². The largest absolute Gasteiger partial charge is 0.507 e. The van der Waals surface area contributed by atoms with Crippen molar-refractivity contribution in [2.75, 3.05) is 14.2 Å². The van der Waals surface area contributed by atoms with Crippen molar-refractivity contribution in [1.82, 2.24) is 4.90 Å². The van der Waals surface area contributed by atoms with Crippen molar-refractivity contribution in [2.24, 2.45) is 0 Å². The van der Waals surface area contributed by atoms with Gasteiger partial charge in [-0.2, -0.15) is 0 Å². The molecule has 1 unspecified atom stereocenters. The number of amides is 1. The number of aliphatic hydroxyl groups excluding tert-OH is 1. The Hall–Kier alpha value is -3.78. The van der Waals surface area contributed by atoms with Crippen LogP contribution in [0.3, 0.4) is 0 Å². The van der Waals surface area contributed by atoms with E-state index in [0.29, 0.717) is 21.3 Å². The zero-order valence-corrected chi connectivity index (χ0v) is 20.1. The highest BCUT2D eigenvalue weighted by molar-refractivity contribution is 9.10. The summed E-state index contributed by atoms with van der Waals surface area (Å²) in [6.45, 7) is 0.145. The van der Waals surface area contributed by atoms with Crippen LogP contribution in [0.2, 0.25) is 0 Å². The lowest BCUT2D eigenvalue weighted by Gasteiger charge is -2.26. The van der Waals surface area contributed by atoms with E-state index < -0.39 is 17.7 Å². The quantitative estimate of drug-likeness (QED) is 0.274. The third-order valence-corrected chi connectivity index (χ3v) is 6.27. The Morgan fingerprint density at radius 3 is 2.41 bits per heavy atom. The van der Waals surface area contributed by atoms with Gasteiger partial charge < -0.3 is 24.6 Å². The van der Waals surface area contributed by atoms with Crippen LogP contribution in [0.15, 0.2) is 76.8 Å². The summed E-state index contributed by atoms with van der Waals surface area (Å²) >= 11 is 3.31. The molecule has 1 saturated heterocycles. The SMILES string of the molecule is COc1cccc(C(O)=C2C(=O)C(=O)N(Cc3ccccc3)C2c2cc(Br)c(O)c(OC)c2)c1. The maximum atomic E-state index is 13.2. The second-order valence-electron chi connectivity index (χ2n) is 7.70. The number of Topliss-reactive ketones (excluding diaryl/α,β-unsaturated/α-hetero) is 1. The Kier molecular flexibility index (Phi) is 6.61. The Bertz CT molecular complexity index is 1290. The molecule has 0 bridgehead atoms. The van der Waals surface area contributed by atoms with E-state index >= 15 is 0 Å². The first-order valence-corrected chi connectivity index (χ1v) is 11.2.